The Morgan fingerprint density at radius 2 is 2.00 bits per heavy atom. The molecule has 1 aromatic rings. The summed E-state index contributed by atoms with van der Waals surface area (Å²) in [5, 5.41) is 16.3. The molecule has 0 aliphatic carbocycles. The molecule has 1 heterocycles. The van der Waals surface area contributed by atoms with E-state index in [1.54, 1.807) is 7.05 Å². The van der Waals surface area contributed by atoms with Crippen LogP contribution in [0.2, 0.25) is 0 Å². The van der Waals surface area contributed by atoms with E-state index in [4.69, 9.17) is 4.74 Å². The van der Waals surface area contributed by atoms with Crippen LogP contribution in [0.5, 0.6) is 0 Å². The number of aliphatic hydroxyl groups is 1. The number of amides is 1. The summed E-state index contributed by atoms with van der Waals surface area (Å²) in [4.78, 5) is 18.4. The fourth-order valence-electron chi connectivity index (χ4n) is 3.46. The van der Waals surface area contributed by atoms with Crippen LogP contribution in [0.15, 0.2) is 35.3 Å². The van der Waals surface area contributed by atoms with E-state index in [-0.39, 0.29) is 18.6 Å². The van der Waals surface area contributed by atoms with Gasteiger partial charge in [-0.15, -0.1) is 0 Å². The van der Waals surface area contributed by atoms with Crippen molar-refractivity contribution in [3.8, 4) is 0 Å². The van der Waals surface area contributed by atoms with Crippen molar-refractivity contribution in [2.45, 2.75) is 45.3 Å². The predicted molar refractivity (Wildman–Crippen MR) is 116 cm³/mol. The zero-order valence-corrected chi connectivity index (χ0v) is 17.9. The predicted octanol–water partition coefficient (Wildman–Crippen LogP) is 1.94. The Balaban J connectivity index is 1.80. The molecule has 0 spiro atoms. The number of piperidine rings is 1. The summed E-state index contributed by atoms with van der Waals surface area (Å²) in [5.74, 6) is 1.35. The molecular formula is C22H36N4O3. The minimum atomic E-state index is -0.652. The average molecular weight is 405 g/mol. The van der Waals surface area contributed by atoms with E-state index in [0.29, 0.717) is 18.9 Å². The van der Waals surface area contributed by atoms with Gasteiger partial charge in [-0.25, -0.2) is 0 Å². The molecule has 7 heteroatoms. The van der Waals surface area contributed by atoms with Gasteiger partial charge in [0, 0.05) is 33.1 Å². The molecule has 0 radical (unpaired) electrons. The van der Waals surface area contributed by atoms with Gasteiger partial charge in [0.15, 0.2) is 5.96 Å². The number of carbonyl (C=O) groups excluding carboxylic acids is 1. The van der Waals surface area contributed by atoms with Crippen molar-refractivity contribution in [2.75, 3.05) is 39.8 Å². The van der Waals surface area contributed by atoms with Gasteiger partial charge < -0.3 is 25.4 Å². The number of nitrogens with zero attached hydrogens (tertiary/aromatic N) is 2. The van der Waals surface area contributed by atoms with Crippen molar-refractivity contribution in [3.05, 3.63) is 35.9 Å². The third-order valence-corrected chi connectivity index (χ3v) is 5.26. The molecule has 0 bridgehead atoms. The van der Waals surface area contributed by atoms with E-state index in [1.807, 2.05) is 44.2 Å². The first-order valence-electron chi connectivity index (χ1n) is 10.6. The average Bonchev–Trinajstić information content (AvgIpc) is 2.76. The van der Waals surface area contributed by atoms with E-state index in [2.05, 4.69) is 20.5 Å². The minimum Gasteiger partial charge on any atom is -0.389 e. The quantitative estimate of drug-likeness (QED) is 0.433. The highest BCUT2D eigenvalue weighted by atomic mass is 16.5. The van der Waals surface area contributed by atoms with E-state index >= 15 is 0 Å². The SMILES string of the molecule is CCNC(=NCC(O)COC(C)c1ccccc1)N1CCC(CC(=O)NC)CC1. The molecule has 7 nitrogen and oxygen atoms in total. The molecule has 2 unspecified atom stereocenters. The van der Waals surface area contributed by atoms with Crippen LogP contribution in [-0.2, 0) is 9.53 Å². The normalized spacial score (nSPS) is 17.7. The molecule has 1 aromatic carbocycles. The van der Waals surface area contributed by atoms with E-state index < -0.39 is 6.10 Å². The second-order valence-corrected chi connectivity index (χ2v) is 7.54. The van der Waals surface area contributed by atoms with Crippen molar-refractivity contribution in [2.24, 2.45) is 10.9 Å². The Bertz CT molecular complexity index is 630. The summed E-state index contributed by atoms with van der Waals surface area (Å²) in [5.41, 5.74) is 1.09. The van der Waals surface area contributed by atoms with Crippen molar-refractivity contribution in [1.29, 1.82) is 0 Å². The largest absolute Gasteiger partial charge is 0.389 e. The van der Waals surface area contributed by atoms with Crippen LogP contribution < -0.4 is 10.6 Å². The first-order chi connectivity index (χ1) is 14.0. The maximum atomic E-state index is 11.6. The molecule has 1 amide bonds. The molecule has 2 rings (SSSR count). The summed E-state index contributed by atoms with van der Waals surface area (Å²) in [6, 6.07) is 9.98. The number of likely N-dealkylation sites (tertiary alicyclic amines) is 1. The Kier molecular flexibility index (Phi) is 9.94. The van der Waals surface area contributed by atoms with Crippen molar-refractivity contribution in [3.63, 3.8) is 0 Å². The van der Waals surface area contributed by atoms with Gasteiger partial charge in [0.1, 0.15) is 0 Å². The number of benzene rings is 1. The topological polar surface area (TPSA) is 86.2 Å². The number of guanidine groups is 1. The highest BCUT2D eigenvalue weighted by Crippen LogP contribution is 2.20. The molecule has 1 fully saturated rings. The monoisotopic (exact) mass is 404 g/mol. The van der Waals surface area contributed by atoms with Crippen LogP contribution >= 0.6 is 0 Å². The van der Waals surface area contributed by atoms with Crippen LogP contribution in [0.1, 0.15) is 44.8 Å². The third-order valence-electron chi connectivity index (χ3n) is 5.26. The molecule has 29 heavy (non-hydrogen) atoms. The van der Waals surface area contributed by atoms with Crippen molar-refractivity contribution < 1.29 is 14.6 Å². The van der Waals surface area contributed by atoms with E-state index in [1.165, 1.54) is 0 Å². The molecule has 2 atom stereocenters. The fourth-order valence-corrected chi connectivity index (χ4v) is 3.46. The van der Waals surface area contributed by atoms with Crippen molar-refractivity contribution in [1.82, 2.24) is 15.5 Å². The number of rotatable bonds is 9. The maximum absolute atomic E-state index is 11.6. The van der Waals surface area contributed by atoms with Crippen LogP contribution in [-0.4, -0.2) is 67.8 Å². The molecule has 3 N–H and O–H groups in total. The second-order valence-electron chi connectivity index (χ2n) is 7.54. The highest BCUT2D eigenvalue weighted by molar-refractivity contribution is 5.80. The summed E-state index contributed by atoms with van der Waals surface area (Å²) < 4.78 is 5.80. The first kappa shape index (κ1) is 23.2. The molecule has 0 aromatic heterocycles. The number of hydrogen-bond donors (Lipinski definition) is 3. The van der Waals surface area contributed by atoms with Crippen LogP contribution in [0, 0.1) is 5.92 Å². The van der Waals surface area contributed by atoms with Gasteiger partial charge in [0.05, 0.1) is 25.4 Å². The van der Waals surface area contributed by atoms with Crippen molar-refractivity contribution >= 4 is 11.9 Å². The van der Waals surface area contributed by atoms with Gasteiger partial charge in [0.25, 0.3) is 0 Å². The van der Waals surface area contributed by atoms with Gasteiger partial charge in [-0.2, -0.15) is 0 Å². The highest BCUT2D eigenvalue weighted by Gasteiger charge is 2.23. The molecular weight excluding hydrogens is 368 g/mol. The molecule has 0 saturated carbocycles. The fraction of sp³-hybridized carbons (Fsp3) is 0.636. The number of nitrogens with one attached hydrogen (secondary N) is 2. The van der Waals surface area contributed by atoms with Gasteiger partial charge >= 0.3 is 0 Å². The summed E-state index contributed by atoms with van der Waals surface area (Å²) in [6.07, 6.45) is 1.81. The molecule has 1 aliphatic heterocycles. The van der Waals surface area contributed by atoms with Gasteiger partial charge in [-0.3, -0.25) is 9.79 Å². The van der Waals surface area contributed by atoms with Crippen LogP contribution in [0.25, 0.3) is 0 Å². The number of aliphatic imine (C=N–C) groups is 1. The Hall–Kier alpha value is -2.12. The lowest BCUT2D eigenvalue weighted by atomic mass is 9.93. The zero-order chi connectivity index (χ0) is 21.1. The summed E-state index contributed by atoms with van der Waals surface area (Å²) >= 11 is 0. The lowest BCUT2D eigenvalue weighted by molar-refractivity contribution is -0.121. The summed E-state index contributed by atoms with van der Waals surface area (Å²) in [6.45, 7) is 7.06. The third kappa shape index (κ3) is 8.03. The Labute approximate surface area is 174 Å². The second kappa shape index (κ2) is 12.4. The number of aliphatic hydroxyl groups excluding tert-OH is 1. The van der Waals surface area contributed by atoms with E-state index in [0.717, 1.165) is 44.0 Å². The zero-order valence-electron chi connectivity index (χ0n) is 17.9. The lowest BCUT2D eigenvalue weighted by Crippen LogP contribution is -2.46. The standard InChI is InChI=1S/C22H36N4O3/c1-4-24-22(26-12-10-18(11-13-26)14-21(28)23-3)25-15-20(27)16-29-17(2)19-8-6-5-7-9-19/h5-9,17-18,20,27H,4,10-16H2,1-3H3,(H,23,28)(H,24,25). The maximum Gasteiger partial charge on any atom is 0.220 e. The van der Waals surface area contributed by atoms with Crippen LogP contribution in [0.4, 0.5) is 0 Å². The number of hydrogen-bond acceptors (Lipinski definition) is 4. The lowest BCUT2D eigenvalue weighted by Gasteiger charge is -2.34. The first-order valence-corrected chi connectivity index (χ1v) is 10.6. The number of carbonyl (C=O) groups is 1. The van der Waals surface area contributed by atoms with Gasteiger partial charge in [0.2, 0.25) is 5.91 Å². The smallest absolute Gasteiger partial charge is 0.220 e. The molecule has 1 saturated heterocycles. The van der Waals surface area contributed by atoms with Gasteiger partial charge in [-0.1, -0.05) is 30.3 Å². The van der Waals surface area contributed by atoms with E-state index in [9.17, 15) is 9.90 Å². The minimum absolute atomic E-state index is 0.0672. The van der Waals surface area contributed by atoms with Gasteiger partial charge in [-0.05, 0) is 38.2 Å². The summed E-state index contributed by atoms with van der Waals surface area (Å²) in [7, 11) is 1.68. The van der Waals surface area contributed by atoms with Crippen LogP contribution in [0.3, 0.4) is 0 Å². The molecule has 162 valence electrons. The Morgan fingerprint density at radius 3 is 2.62 bits per heavy atom. The Morgan fingerprint density at radius 1 is 1.31 bits per heavy atom. The number of ether oxygens (including phenoxy) is 1. The molecule has 1 aliphatic rings.